The summed E-state index contributed by atoms with van der Waals surface area (Å²) in [5.41, 5.74) is 2.70. The second kappa shape index (κ2) is 6.27. The van der Waals surface area contributed by atoms with Crippen LogP contribution in [0.15, 0.2) is 35.7 Å². The first kappa shape index (κ1) is 16.8. The first-order chi connectivity index (χ1) is 13.0. The Morgan fingerprint density at radius 1 is 0.926 bits per heavy atom. The molecule has 0 bridgehead atoms. The van der Waals surface area contributed by atoms with Crippen LogP contribution in [-0.2, 0) is 0 Å². The maximum atomic E-state index is 13.7. The second-order valence-electron chi connectivity index (χ2n) is 5.33. The Morgan fingerprint density at radius 3 is 2.33 bits per heavy atom. The van der Waals surface area contributed by atoms with Crippen LogP contribution >= 0.6 is 0 Å². The Kier molecular flexibility index (Phi) is 3.90. The number of para-hydroxylation sites is 2. The molecule has 27 heavy (non-hydrogen) atoms. The Labute approximate surface area is 147 Å². The molecule has 2 aromatic carbocycles. The van der Waals surface area contributed by atoms with Crippen LogP contribution in [0, 0.1) is 29.1 Å². The van der Waals surface area contributed by atoms with Crippen LogP contribution in [0.1, 0.15) is 5.56 Å². The minimum absolute atomic E-state index is 0.0753. The number of rotatable bonds is 3. The number of halogens is 5. The molecule has 0 saturated heterocycles. The summed E-state index contributed by atoms with van der Waals surface area (Å²) in [5, 5.41) is 11.2. The van der Waals surface area contributed by atoms with E-state index in [0.717, 1.165) is 0 Å². The highest BCUT2D eigenvalue weighted by Gasteiger charge is 2.24. The molecule has 1 N–H and O–H groups in total. The first-order valence-corrected chi connectivity index (χ1v) is 7.38. The molecule has 2 aromatic heterocycles. The van der Waals surface area contributed by atoms with Crippen molar-refractivity contribution in [2.45, 2.75) is 0 Å². The lowest BCUT2D eigenvalue weighted by molar-refractivity contribution is 0.377. The third-order valence-corrected chi connectivity index (χ3v) is 3.74. The Morgan fingerprint density at radius 2 is 1.59 bits per heavy atom. The Bertz CT molecular complexity index is 1190. The van der Waals surface area contributed by atoms with Gasteiger partial charge in [-0.1, -0.05) is 12.1 Å². The van der Waals surface area contributed by atoms with Gasteiger partial charge in [-0.15, -0.1) is 10.2 Å². The van der Waals surface area contributed by atoms with Crippen molar-refractivity contribution in [2.24, 2.45) is 5.10 Å². The number of hydrogen-bond acceptors (Lipinski definition) is 5. The van der Waals surface area contributed by atoms with E-state index in [1.807, 2.05) is 0 Å². The number of anilines is 1. The predicted octanol–water partition coefficient (Wildman–Crippen LogP) is 3.42. The Hall–Kier alpha value is -3.63. The molecule has 0 saturated carbocycles. The standard InChI is InChI=1S/C16H7F5N6/c17-10-7(11(18)13(20)14(21)12(10)19)5-22-25-15-16-26-23-6-27(16)9-4-2-1-3-8(9)24-15/h1-6H,(H,24,25)/b22-5+. The molecule has 6 nitrogen and oxygen atoms in total. The van der Waals surface area contributed by atoms with Crippen LogP contribution in [0.25, 0.3) is 16.7 Å². The lowest BCUT2D eigenvalue weighted by atomic mass is 10.2. The van der Waals surface area contributed by atoms with Crippen LogP contribution in [0.2, 0.25) is 0 Å². The number of fused-ring (bicyclic) bond motifs is 3. The van der Waals surface area contributed by atoms with Crippen molar-refractivity contribution in [1.29, 1.82) is 0 Å². The van der Waals surface area contributed by atoms with Gasteiger partial charge in [0.2, 0.25) is 11.5 Å². The number of hydrazone groups is 1. The van der Waals surface area contributed by atoms with E-state index >= 15 is 0 Å². The van der Waals surface area contributed by atoms with E-state index in [0.29, 0.717) is 17.2 Å². The first-order valence-electron chi connectivity index (χ1n) is 7.38. The number of aromatic nitrogens is 4. The minimum Gasteiger partial charge on any atom is -0.277 e. The average Bonchev–Trinajstić information content (AvgIpc) is 3.18. The van der Waals surface area contributed by atoms with Gasteiger partial charge in [0.15, 0.2) is 29.1 Å². The summed E-state index contributed by atoms with van der Waals surface area (Å²) >= 11 is 0. The highest BCUT2D eigenvalue weighted by Crippen LogP contribution is 2.22. The van der Waals surface area contributed by atoms with E-state index in [4.69, 9.17) is 0 Å². The summed E-state index contributed by atoms with van der Waals surface area (Å²) in [4.78, 5) is 4.26. The van der Waals surface area contributed by atoms with Crippen LogP contribution in [0.4, 0.5) is 27.8 Å². The second-order valence-corrected chi connectivity index (χ2v) is 5.33. The molecule has 0 aliphatic carbocycles. The molecular weight excluding hydrogens is 371 g/mol. The van der Waals surface area contributed by atoms with Gasteiger partial charge in [-0.2, -0.15) is 5.10 Å². The maximum absolute atomic E-state index is 13.7. The molecule has 0 aliphatic rings. The van der Waals surface area contributed by atoms with E-state index in [1.165, 1.54) is 6.33 Å². The molecule has 2 heterocycles. The highest BCUT2D eigenvalue weighted by atomic mass is 19.2. The number of benzene rings is 2. The Balaban J connectivity index is 1.75. The average molecular weight is 378 g/mol. The zero-order chi connectivity index (χ0) is 19.1. The SMILES string of the molecule is Fc1c(F)c(F)c(/C=N/Nc2nc3ccccc3n3cnnc23)c(F)c1F. The smallest absolute Gasteiger partial charge is 0.205 e. The van der Waals surface area contributed by atoms with Gasteiger partial charge in [0.1, 0.15) is 6.33 Å². The number of nitrogens with one attached hydrogen (secondary N) is 1. The van der Waals surface area contributed by atoms with Crippen molar-refractivity contribution in [3.63, 3.8) is 0 Å². The molecule has 4 rings (SSSR count). The third kappa shape index (κ3) is 2.63. The molecule has 0 atom stereocenters. The summed E-state index contributed by atoms with van der Waals surface area (Å²) < 4.78 is 68.4. The fraction of sp³-hybridized carbons (Fsp3) is 0. The largest absolute Gasteiger partial charge is 0.277 e. The zero-order valence-electron chi connectivity index (χ0n) is 13.1. The van der Waals surface area contributed by atoms with Gasteiger partial charge in [-0.05, 0) is 12.1 Å². The van der Waals surface area contributed by atoms with E-state index in [1.54, 1.807) is 28.7 Å². The van der Waals surface area contributed by atoms with Crippen LogP contribution in [-0.4, -0.2) is 25.8 Å². The summed E-state index contributed by atoms with van der Waals surface area (Å²) in [6.07, 6.45) is 1.90. The van der Waals surface area contributed by atoms with Gasteiger partial charge in [-0.3, -0.25) is 9.83 Å². The summed E-state index contributed by atoms with van der Waals surface area (Å²) in [7, 11) is 0. The molecule has 0 fully saturated rings. The van der Waals surface area contributed by atoms with Crippen molar-refractivity contribution in [1.82, 2.24) is 19.6 Å². The fourth-order valence-corrected chi connectivity index (χ4v) is 2.47. The van der Waals surface area contributed by atoms with Crippen molar-refractivity contribution in [3.05, 3.63) is 65.2 Å². The van der Waals surface area contributed by atoms with Crippen LogP contribution < -0.4 is 5.43 Å². The third-order valence-electron chi connectivity index (χ3n) is 3.74. The molecule has 0 aliphatic heterocycles. The fourth-order valence-electron chi connectivity index (χ4n) is 2.47. The summed E-state index contributed by atoms with van der Waals surface area (Å²) in [6, 6.07) is 7.01. The van der Waals surface area contributed by atoms with Crippen LogP contribution in [0.5, 0.6) is 0 Å². The van der Waals surface area contributed by atoms with Gasteiger partial charge in [0.25, 0.3) is 0 Å². The normalized spacial score (nSPS) is 11.7. The summed E-state index contributed by atoms with van der Waals surface area (Å²) in [6.45, 7) is 0. The topological polar surface area (TPSA) is 67.5 Å². The minimum atomic E-state index is -2.24. The van der Waals surface area contributed by atoms with Gasteiger partial charge in [0, 0.05) is 0 Å². The lowest BCUT2D eigenvalue weighted by Gasteiger charge is -2.06. The van der Waals surface area contributed by atoms with Gasteiger partial charge < -0.3 is 0 Å². The van der Waals surface area contributed by atoms with E-state index in [2.05, 4.69) is 25.7 Å². The molecule has 0 unspecified atom stereocenters. The van der Waals surface area contributed by atoms with E-state index < -0.39 is 34.6 Å². The number of hydrogen-bond donors (Lipinski definition) is 1. The van der Waals surface area contributed by atoms with E-state index in [-0.39, 0.29) is 11.5 Å². The van der Waals surface area contributed by atoms with Crippen molar-refractivity contribution in [2.75, 3.05) is 5.43 Å². The van der Waals surface area contributed by atoms with Gasteiger partial charge >= 0.3 is 0 Å². The molecule has 0 spiro atoms. The number of nitrogens with zero attached hydrogens (tertiary/aromatic N) is 5. The molecular formula is C16H7F5N6. The van der Waals surface area contributed by atoms with Crippen molar-refractivity contribution < 1.29 is 22.0 Å². The van der Waals surface area contributed by atoms with Gasteiger partial charge in [0.05, 0.1) is 22.8 Å². The van der Waals surface area contributed by atoms with Crippen molar-refractivity contribution in [3.8, 4) is 0 Å². The lowest BCUT2D eigenvalue weighted by Crippen LogP contribution is -2.07. The van der Waals surface area contributed by atoms with Gasteiger partial charge in [-0.25, -0.2) is 26.9 Å². The molecule has 4 aromatic rings. The molecule has 0 radical (unpaired) electrons. The van der Waals surface area contributed by atoms with E-state index in [9.17, 15) is 22.0 Å². The zero-order valence-corrected chi connectivity index (χ0v) is 13.1. The molecule has 11 heteroatoms. The van der Waals surface area contributed by atoms with Crippen molar-refractivity contribution >= 4 is 28.7 Å². The summed E-state index contributed by atoms with van der Waals surface area (Å²) in [5.74, 6) is -10.3. The van der Waals surface area contributed by atoms with Crippen LogP contribution in [0.3, 0.4) is 0 Å². The maximum Gasteiger partial charge on any atom is 0.205 e. The molecule has 0 amide bonds. The molecule has 136 valence electrons. The monoisotopic (exact) mass is 378 g/mol. The predicted molar refractivity (Wildman–Crippen MR) is 85.7 cm³/mol. The highest BCUT2D eigenvalue weighted by molar-refractivity contribution is 5.84. The quantitative estimate of drug-likeness (QED) is 0.195.